The highest BCUT2D eigenvalue weighted by atomic mass is 127. The first kappa shape index (κ1) is 77.7. The number of nitrogens with zero attached hydrogens (tertiary/aromatic N) is 4. The Morgan fingerprint density at radius 2 is 0.945 bits per heavy atom. The number of ether oxygens (including phenoxy) is 7. The summed E-state index contributed by atoms with van der Waals surface area (Å²) < 4.78 is 42.6. The van der Waals surface area contributed by atoms with E-state index in [0.717, 1.165) is 51.9 Å². The Hall–Kier alpha value is -5.78. The van der Waals surface area contributed by atoms with E-state index in [0.29, 0.717) is 26.4 Å². The molecule has 6 heterocycles. The lowest BCUT2D eigenvalue weighted by Crippen LogP contribution is -3.00. The van der Waals surface area contributed by atoms with Gasteiger partial charge in [0.05, 0.1) is 49.8 Å². The fourth-order valence-electron chi connectivity index (χ4n) is 12.9. The van der Waals surface area contributed by atoms with Crippen LogP contribution in [0, 0.1) is 0 Å². The minimum absolute atomic E-state index is 0. The highest BCUT2D eigenvalue weighted by Crippen LogP contribution is 2.49. The first-order chi connectivity index (χ1) is 41.9. The van der Waals surface area contributed by atoms with Gasteiger partial charge >= 0.3 is 0 Å². The van der Waals surface area contributed by atoms with Crippen molar-refractivity contribution in [3.05, 3.63) is 229 Å². The first-order valence-electron chi connectivity index (χ1n) is 31.2. The number of halogens is 2. The van der Waals surface area contributed by atoms with Crippen LogP contribution in [0.5, 0.6) is 0 Å². The summed E-state index contributed by atoms with van der Waals surface area (Å²) in [5, 5.41) is 0. The van der Waals surface area contributed by atoms with Crippen LogP contribution >= 0.6 is 0 Å². The molecule has 4 aromatic carbocycles. The van der Waals surface area contributed by atoms with Gasteiger partial charge in [-0.3, -0.25) is 0 Å². The van der Waals surface area contributed by atoms with Gasteiger partial charge < -0.3 is 79.3 Å². The molecule has 10 rings (SSSR count). The Bertz CT molecular complexity index is 3290. The highest BCUT2D eigenvalue weighted by molar-refractivity contribution is 6.04. The molecular weight excluding hydrogens is 1270 g/mol. The van der Waals surface area contributed by atoms with Gasteiger partial charge in [0.25, 0.3) is 0 Å². The molecule has 2 saturated heterocycles. The largest absolute Gasteiger partial charge is 1.00 e. The number of methoxy groups -OCH3 is 3. The van der Waals surface area contributed by atoms with Crippen LogP contribution in [0.1, 0.15) is 125 Å². The number of hydrogen-bond acceptors (Lipinski definition) is 9. The number of hydrogen-bond donors (Lipinski definition) is 0. The summed E-state index contributed by atoms with van der Waals surface area (Å²) in [4.78, 5) is 4.92. The molecule has 0 bridgehead atoms. The molecule has 494 valence electrons. The molecule has 1 unspecified atom stereocenters. The highest BCUT2D eigenvalue weighted by Gasteiger charge is 2.46. The van der Waals surface area contributed by atoms with E-state index in [1.807, 2.05) is 6.08 Å². The van der Waals surface area contributed by atoms with Gasteiger partial charge in [0, 0.05) is 116 Å². The molecule has 0 amide bonds. The first-order valence-corrected chi connectivity index (χ1v) is 31.2. The molecule has 6 aliphatic rings. The number of benzene rings is 4. The molecule has 2 fully saturated rings. The molecule has 0 N–H and O–H groups in total. The van der Waals surface area contributed by atoms with Crippen LogP contribution < -0.4 is 46.2 Å². The van der Waals surface area contributed by atoms with Gasteiger partial charge in [0.1, 0.15) is 0 Å². The fraction of sp³-hybridized carbons (Fsp3) is 0.436. The fourth-order valence-corrected chi connectivity index (χ4v) is 12.9. The molecule has 0 aliphatic carbocycles. The molecule has 0 spiro atoms. The molecule has 0 aromatic heterocycles. The second kappa shape index (κ2) is 36.0. The molecule has 13 heteroatoms. The summed E-state index contributed by atoms with van der Waals surface area (Å²) in [7, 11) is 4.88. The van der Waals surface area contributed by atoms with E-state index in [1.165, 1.54) is 67.8 Å². The van der Waals surface area contributed by atoms with Crippen LogP contribution in [0.25, 0.3) is 0 Å². The van der Waals surface area contributed by atoms with Gasteiger partial charge in [-0.2, -0.15) is 9.15 Å². The SMILES string of the molecule is C.C.C=CC(OC)OC.C=CCC[N+]1=C(C=CC=CC=C2N(CCC3OCCO3)c3ccccc3C2(C)C)C(C)(C)c2ccccc21.COC(C)/C=C/CCN1/C(=C/C=C/C=C/C2=[N+](CCC3OCCO3)c3ccccc3C2(C)C)C(C)(C)c2ccccc21.[Cl-].[I-]. The van der Waals surface area contributed by atoms with Gasteiger partial charge in [0.2, 0.25) is 11.4 Å². The molecule has 4 aromatic rings. The summed E-state index contributed by atoms with van der Waals surface area (Å²) in [6.07, 6.45) is 33.4. The average Bonchev–Trinajstić information content (AvgIpc) is 1.66. The van der Waals surface area contributed by atoms with Crippen molar-refractivity contribution in [3.63, 3.8) is 0 Å². The minimum Gasteiger partial charge on any atom is -1.00 e. The molecule has 0 saturated carbocycles. The van der Waals surface area contributed by atoms with Crippen molar-refractivity contribution in [2.75, 3.05) is 83.7 Å². The van der Waals surface area contributed by atoms with E-state index in [2.05, 4.69) is 264 Å². The predicted molar refractivity (Wildman–Crippen MR) is 372 cm³/mol. The van der Waals surface area contributed by atoms with Crippen LogP contribution in [0.4, 0.5) is 22.7 Å². The monoisotopic (exact) mass is 1370 g/mol. The maximum absolute atomic E-state index is 5.74. The maximum atomic E-state index is 5.74. The van der Waals surface area contributed by atoms with Crippen molar-refractivity contribution in [1.29, 1.82) is 0 Å². The lowest BCUT2D eigenvalue weighted by Gasteiger charge is -2.27. The zero-order chi connectivity index (χ0) is 62.2. The lowest BCUT2D eigenvalue weighted by molar-refractivity contribution is -0.442. The number of para-hydroxylation sites is 4. The van der Waals surface area contributed by atoms with Gasteiger partial charge in [0.15, 0.2) is 43.4 Å². The Kier molecular flexibility index (Phi) is 30.8. The minimum atomic E-state index is -0.250. The second-order valence-corrected chi connectivity index (χ2v) is 24.8. The van der Waals surface area contributed by atoms with Gasteiger partial charge in [-0.25, -0.2) is 0 Å². The summed E-state index contributed by atoms with van der Waals surface area (Å²) in [5.74, 6) is 0. The quantitative estimate of drug-likeness (QED) is 0.0237. The summed E-state index contributed by atoms with van der Waals surface area (Å²) in [5.41, 5.74) is 15.6. The van der Waals surface area contributed by atoms with Crippen LogP contribution in [0.2, 0.25) is 0 Å². The smallest absolute Gasteiger partial charge is 0.209 e. The maximum Gasteiger partial charge on any atom is 0.209 e. The summed E-state index contributed by atoms with van der Waals surface area (Å²) in [6.45, 7) is 34.4. The molecule has 91 heavy (non-hydrogen) atoms. The number of allylic oxidation sites excluding steroid dienone is 12. The molecule has 6 aliphatic heterocycles. The van der Waals surface area contributed by atoms with Crippen molar-refractivity contribution < 1.29 is 78.7 Å². The Morgan fingerprint density at radius 1 is 0.527 bits per heavy atom. The number of anilines is 2. The third-order valence-corrected chi connectivity index (χ3v) is 17.7. The van der Waals surface area contributed by atoms with Crippen LogP contribution in [-0.2, 0) is 54.8 Å². The summed E-state index contributed by atoms with van der Waals surface area (Å²) >= 11 is 0. The van der Waals surface area contributed by atoms with E-state index in [4.69, 9.17) is 33.2 Å². The Labute approximate surface area is 571 Å². The van der Waals surface area contributed by atoms with Crippen molar-refractivity contribution in [2.45, 2.75) is 149 Å². The van der Waals surface area contributed by atoms with Crippen molar-refractivity contribution in [1.82, 2.24) is 0 Å². The molecule has 0 radical (unpaired) electrons. The van der Waals surface area contributed by atoms with Crippen molar-refractivity contribution in [3.8, 4) is 0 Å². The Balaban J connectivity index is 0.000000339. The van der Waals surface area contributed by atoms with Crippen molar-refractivity contribution >= 4 is 34.2 Å². The Morgan fingerprint density at radius 3 is 1.37 bits per heavy atom. The molecule has 1 atom stereocenters. The van der Waals surface area contributed by atoms with Crippen molar-refractivity contribution in [2.24, 2.45) is 0 Å². The van der Waals surface area contributed by atoms with Crippen LogP contribution in [-0.4, -0.2) is 119 Å². The summed E-state index contributed by atoms with van der Waals surface area (Å²) in [6, 6.07) is 35.1. The van der Waals surface area contributed by atoms with Crippen LogP contribution in [0.15, 0.2) is 207 Å². The molecule has 11 nitrogen and oxygen atoms in total. The molecular formula is C78H106ClIN4O7. The average molecular weight is 1370 g/mol. The van der Waals surface area contributed by atoms with E-state index < -0.39 is 0 Å². The van der Waals surface area contributed by atoms with E-state index in [9.17, 15) is 0 Å². The van der Waals surface area contributed by atoms with E-state index in [-0.39, 0.29) is 97.9 Å². The normalized spacial score (nSPS) is 19.5. The van der Waals surface area contributed by atoms with Crippen LogP contribution in [0.3, 0.4) is 0 Å². The third kappa shape index (κ3) is 18.1. The predicted octanol–water partition coefficient (Wildman–Crippen LogP) is 10.9. The second-order valence-electron chi connectivity index (χ2n) is 24.8. The number of rotatable bonds is 23. The zero-order valence-electron chi connectivity index (χ0n) is 54.9. The topological polar surface area (TPSA) is 77.1 Å². The van der Waals surface area contributed by atoms with Gasteiger partial charge in [-0.15, -0.1) is 6.58 Å². The number of fused-ring (bicyclic) bond motifs is 4. The van der Waals surface area contributed by atoms with Gasteiger partial charge in [-0.1, -0.05) is 177 Å². The lowest BCUT2D eigenvalue weighted by atomic mass is 9.81. The van der Waals surface area contributed by atoms with Gasteiger partial charge in [-0.05, 0) is 82.5 Å². The zero-order valence-corrected chi connectivity index (χ0v) is 57.8. The standard InChI is InChI=1S/C37H47N2O3.C34H41N2O2.C5H10O2.2CH4.ClH.HI/c1-28(40-6)16-14-15-24-38-31-19-12-10-17-29(31)36(2,3)33(38)21-8-7-9-22-34-37(4,5)30-18-11-13-20-32(30)39(34)25-23-35-41-26-27-42-35;1-6-7-22-35-28-17-13-11-15-26(28)33(2,3)30(35)19-9-8-10-20-31-34(4,5)27-16-12-14-18-29(27)36(31)23-21-32-37-24-25-38-32;1-4-5(6-2)7-3;;;;/h7-14,16-22,28,35H,15,23-27H2,1-6H3;6,8-20,32H,1,7,21-25H2,2-5H3;4-5H,1H2,2-3H3;2*1H4;2*1H/q2*+1;;;;;/p-2/b16-14+;;;;;;. The third-order valence-electron chi connectivity index (χ3n) is 17.7. The van der Waals surface area contributed by atoms with E-state index in [1.54, 1.807) is 27.4 Å². The van der Waals surface area contributed by atoms with E-state index >= 15 is 0 Å².